The van der Waals surface area contributed by atoms with Gasteiger partial charge in [-0.2, -0.15) is 0 Å². The third-order valence-electron chi connectivity index (χ3n) is 3.64. The van der Waals surface area contributed by atoms with Crippen LogP contribution in [0.2, 0.25) is 0 Å². The average Bonchev–Trinajstić information content (AvgIpc) is 3.02. The highest BCUT2D eigenvalue weighted by atomic mass is 16.5. The molecule has 25 heavy (non-hydrogen) atoms. The van der Waals surface area contributed by atoms with Crippen LogP contribution in [0.3, 0.4) is 0 Å². The maximum absolute atomic E-state index is 12.1. The summed E-state index contributed by atoms with van der Waals surface area (Å²) in [6.45, 7) is 7.93. The third kappa shape index (κ3) is 4.82. The number of rotatable bonds is 5. The smallest absolute Gasteiger partial charge is 0.337 e. The van der Waals surface area contributed by atoms with Crippen molar-refractivity contribution in [2.75, 3.05) is 24.3 Å². The minimum Gasteiger partial charge on any atom is -0.465 e. The van der Waals surface area contributed by atoms with E-state index in [1.165, 1.54) is 7.11 Å². The number of aryl methyl sites for hydroxylation is 1. The number of carbonyl (C=O) groups excluding carboxylic acids is 2. The number of carbonyl (C=O) groups is 2. The zero-order valence-electron chi connectivity index (χ0n) is 15.1. The van der Waals surface area contributed by atoms with E-state index in [-0.39, 0.29) is 17.9 Å². The van der Waals surface area contributed by atoms with Gasteiger partial charge in [-0.15, -0.1) is 0 Å². The van der Waals surface area contributed by atoms with Crippen molar-refractivity contribution in [2.24, 2.45) is 0 Å². The molecule has 0 aliphatic heterocycles. The van der Waals surface area contributed by atoms with Gasteiger partial charge in [0.1, 0.15) is 0 Å². The first-order valence-corrected chi connectivity index (χ1v) is 7.90. The second kappa shape index (κ2) is 7.38. The minimum atomic E-state index is -0.427. The Morgan fingerprint density at radius 3 is 2.56 bits per heavy atom. The van der Waals surface area contributed by atoms with Gasteiger partial charge in [-0.05, 0) is 24.6 Å². The van der Waals surface area contributed by atoms with Crippen LogP contribution in [0.25, 0.3) is 0 Å². The SMILES string of the molecule is COC(=O)c1ccc(C)c(NCC(=O)Nc2cc(C(C)(C)C)no2)c1. The van der Waals surface area contributed by atoms with Crippen LogP contribution in [0.4, 0.5) is 11.6 Å². The van der Waals surface area contributed by atoms with Crippen molar-refractivity contribution in [3.8, 4) is 0 Å². The molecule has 0 atom stereocenters. The number of esters is 1. The van der Waals surface area contributed by atoms with E-state index >= 15 is 0 Å². The number of ether oxygens (including phenoxy) is 1. The van der Waals surface area contributed by atoms with Gasteiger partial charge in [0.2, 0.25) is 11.8 Å². The molecule has 2 rings (SSSR count). The van der Waals surface area contributed by atoms with Gasteiger partial charge >= 0.3 is 5.97 Å². The Morgan fingerprint density at radius 2 is 1.96 bits per heavy atom. The lowest BCUT2D eigenvalue weighted by Gasteiger charge is -2.12. The Balaban J connectivity index is 1.98. The standard InChI is InChI=1S/C18H23N3O4/c1-11-6-7-12(17(23)24-5)8-13(11)19-10-15(22)20-16-9-14(21-25-16)18(2,3)4/h6-9,19H,10H2,1-5H3,(H,20,22). The molecule has 2 aromatic rings. The minimum absolute atomic E-state index is 0.0248. The van der Waals surface area contributed by atoms with E-state index < -0.39 is 5.97 Å². The highest BCUT2D eigenvalue weighted by molar-refractivity contribution is 5.94. The molecule has 7 nitrogen and oxygen atoms in total. The van der Waals surface area contributed by atoms with Gasteiger partial charge in [0, 0.05) is 17.2 Å². The lowest BCUT2D eigenvalue weighted by molar-refractivity contribution is -0.114. The van der Waals surface area contributed by atoms with Gasteiger partial charge in [-0.3, -0.25) is 10.1 Å². The Kier molecular flexibility index (Phi) is 5.46. The molecule has 0 radical (unpaired) electrons. The summed E-state index contributed by atoms with van der Waals surface area (Å²) in [4.78, 5) is 23.7. The van der Waals surface area contributed by atoms with Crippen molar-refractivity contribution in [3.05, 3.63) is 41.1 Å². The summed E-state index contributed by atoms with van der Waals surface area (Å²) in [6.07, 6.45) is 0. The van der Waals surface area contributed by atoms with Crippen molar-refractivity contribution in [1.82, 2.24) is 5.16 Å². The van der Waals surface area contributed by atoms with Crippen molar-refractivity contribution < 1.29 is 18.8 Å². The van der Waals surface area contributed by atoms with E-state index in [0.717, 1.165) is 11.3 Å². The number of hydrogen-bond acceptors (Lipinski definition) is 6. The van der Waals surface area contributed by atoms with E-state index in [9.17, 15) is 9.59 Å². The van der Waals surface area contributed by atoms with Gasteiger partial charge in [-0.1, -0.05) is 32.0 Å². The average molecular weight is 345 g/mol. The molecule has 2 N–H and O–H groups in total. The molecule has 1 aromatic carbocycles. The number of hydrogen-bond donors (Lipinski definition) is 2. The fraction of sp³-hybridized carbons (Fsp3) is 0.389. The van der Waals surface area contributed by atoms with Gasteiger partial charge in [0.15, 0.2) is 0 Å². The normalized spacial score (nSPS) is 11.1. The quantitative estimate of drug-likeness (QED) is 0.809. The number of methoxy groups -OCH3 is 1. The van der Waals surface area contributed by atoms with E-state index in [4.69, 9.17) is 9.26 Å². The van der Waals surface area contributed by atoms with Gasteiger partial charge in [0.05, 0.1) is 24.9 Å². The molecular weight excluding hydrogens is 322 g/mol. The zero-order chi connectivity index (χ0) is 18.6. The molecule has 0 unspecified atom stereocenters. The van der Waals surface area contributed by atoms with Gasteiger partial charge in [0.25, 0.3) is 0 Å². The Labute approximate surface area is 146 Å². The molecule has 0 bridgehead atoms. The predicted molar refractivity (Wildman–Crippen MR) is 94.8 cm³/mol. The third-order valence-corrected chi connectivity index (χ3v) is 3.64. The molecule has 1 aromatic heterocycles. The summed E-state index contributed by atoms with van der Waals surface area (Å²) in [5.74, 6) is -0.403. The highest BCUT2D eigenvalue weighted by Gasteiger charge is 2.19. The Hall–Kier alpha value is -2.83. The Bertz CT molecular complexity index is 775. The van der Waals surface area contributed by atoms with Crippen LogP contribution < -0.4 is 10.6 Å². The first kappa shape index (κ1) is 18.5. The first-order chi connectivity index (χ1) is 11.7. The lowest BCUT2D eigenvalue weighted by Crippen LogP contribution is -2.22. The molecule has 1 amide bonds. The molecule has 7 heteroatoms. The van der Waals surface area contributed by atoms with Crippen LogP contribution in [-0.2, 0) is 14.9 Å². The van der Waals surface area contributed by atoms with Crippen LogP contribution in [0, 0.1) is 6.92 Å². The topological polar surface area (TPSA) is 93.5 Å². The molecule has 134 valence electrons. The van der Waals surface area contributed by atoms with Crippen molar-refractivity contribution in [1.29, 1.82) is 0 Å². The van der Waals surface area contributed by atoms with Crippen molar-refractivity contribution in [2.45, 2.75) is 33.1 Å². The van der Waals surface area contributed by atoms with Crippen LogP contribution >= 0.6 is 0 Å². The van der Waals surface area contributed by atoms with E-state index in [1.54, 1.807) is 24.3 Å². The molecule has 1 heterocycles. The monoisotopic (exact) mass is 345 g/mol. The summed E-state index contributed by atoms with van der Waals surface area (Å²) in [5.41, 5.74) is 2.62. The summed E-state index contributed by atoms with van der Waals surface area (Å²) in [5, 5.41) is 9.61. The summed E-state index contributed by atoms with van der Waals surface area (Å²) < 4.78 is 9.83. The largest absolute Gasteiger partial charge is 0.465 e. The first-order valence-electron chi connectivity index (χ1n) is 7.90. The number of nitrogens with zero attached hydrogens (tertiary/aromatic N) is 1. The van der Waals surface area contributed by atoms with Crippen LogP contribution in [0.5, 0.6) is 0 Å². The fourth-order valence-corrected chi connectivity index (χ4v) is 2.10. The predicted octanol–water partition coefficient (Wildman–Crippen LogP) is 3.12. The fourth-order valence-electron chi connectivity index (χ4n) is 2.10. The number of benzene rings is 1. The summed E-state index contributed by atoms with van der Waals surface area (Å²) >= 11 is 0. The van der Waals surface area contributed by atoms with Crippen molar-refractivity contribution >= 4 is 23.4 Å². The second-order valence-electron chi connectivity index (χ2n) is 6.75. The lowest BCUT2D eigenvalue weighted by atomic mass is 9.92. The molecule has 0 fully saturated rings. The number of aromatic nitrogens is 1. The van der Waals surface area contributed by atoms with Gasteiger partial charge in [-0.25, -0.2) is 4.79 Å². The second-order valence-corrected chi connectivity index (χ2v) is 6.75. The number of anilines is 2. The number of amides is 1. The molecule has 0 spiro atoms. The highest BCUT2D eigenvalue weighted by Crippen LogP contribution is 2.23. The van der Waals surface area contributed by atoms with E-state index in [1.807, 2.05) is 27.7 Å². The summed E-state index contributed by atoms with van der Waals surface area (Å²) in [6, 6.07) is 6.83. The molecule has 0 saturated carbocycles. The zero-order valence-corrected chi connectivity index (χ0v) is 15.1. The van der Waals surface area contributed by atoms with E-state index in [2.05, 4.69) is 15.8 Å². The molecule has 0 aliphatic rings. The molecule has 0 aliphatic carbocycles. The summed E-state index contributed by atoms with van der Waals surface area (Å²) in [7, 11) is 1.33. The van der Waals surface area contributed by atoms with Crippen LogP contribution in [0.1, 0.15) is 42.4 Å². The maximum Gasteiger partial charge on any atom is 0.337 e. The Morgan fingerprint density at radius 1 is 1.24 bits per heavy atom. The van der Waals surface area contributed by atoms with Crippen molar-refractivity contribution in [3.63, 3.8) is 0 Å². The number of nitrogens with one attached hydrogen (secondary N) is 2. The van der Waals surface area contributed by atoms with E-state index in [0.29, 0.717) is 17.1 Å². The molecular formula is C18H23N3O4. The maximum atomic E-state index is 12.1. The van der Waals surface area contributed by atoms with Crippen LogP contribution in [-0.4, -0.2) is 30.7 Å². The van der Waals surface area contributed by atoms with Gasteiger partial charge < -0.3 is 14.6 Å². The van der Waals surface area contributed by atoms with Crippen LogP contribution in [0.15, 0.2) is 28.8 Å². The molecule has 0 saturated heterocycles.